The predicted molar refractivity (Wildman–Crippen MR) is 66.4 cm³/mol. The summed E-state index contributed by atoms with van der Waals surface area (Å²) in [5.41, 5.74) is 0.765. The van der Waals surface area contributed by atoms with Crippen LogP contribution in [-0.2, 0) is 4.79 Å². The molecule has 1 aromatic carbocycles. The number of carbonyl (C=O) groups excluding carboxylic acids is 1. The highest BCUT2D eigenvalue weighted by Crippen LogP contribution is 2.33. The van der Waals surface area contributed by atoms with Gasteiger partial charge in [-0.1, -0.05) is 29.3 Å². The summed E-state index contributed by atoms with van der Waals surface area (Å²) in [7, 11) is 0. The Kier molecular flexibility index (Phi) is 2.49. The van der Waals surface area contributed by atoms with Gasteiger partial charge in [-0.15, -0.1) is 0 Å². The lowest BCUT2D eigenvalue weighted by Gasteiger charge is -2.20. The summed E-state index contributed by atoms with van der Waals surface area (Å²) in [6, 6.07) is 4.79. The summed E-state index contributed by atoms with van der Waals surface area (Å²) in [6.07, 6.45) is 0. The standard InChI is InChI=1S/C11H9Cl2N3O/c12-6-1-2-7(8(13)5-6)9-10(17)15-11-14-3-4-16(9)11/h1-2,5,9H,3-4H2,(H,14,15,17). The molecule has 6 heteroatoms. The molecule has 17 heavy (non-hydrogen) atoms. The fraction of sp³-hybridized carbons (Fsp3) is 0.273. The molecule has 1 fully saturated rings. The van der Waals surface area contributed by atoms with E-state index < -0.39 is 0 Å². The van der Waals surface area contributed by atoms with Crippen molar-refractivity contribution >= 4 is 35.1 Å². The highest BCUT2D eigenvalue weighted by Gasteiger charge is 2.40. The maximum absolute atomic E-state index is 11.9. The van der Waals surface area contributed by atoms with E-state index in [0.717, 1.165) is 12.1 Å². The first-order chi connectivity index (χ1) is 8.16. The summed E-state index contributed by atoms with van der Waals surface area (Å²) in [6.45, 7) is 1.44. The second-order valence-electron chi connectivity index (χ2n) is 3.96. The smallest absolute Gasteiger partial charge is 0.254 e. The number of aliphatic imine (C=N–C) groups is 1. The Morgan fingerprint density at radius 1 is 1.41 bits per heavy atom. The van der Waals surface area contributed by atoms with Crippen LogP contribution in [0.1, 0.15) is 11.6 Å². The molecule has 2 aliphatic heterocycles. The Balaban J connectivity index is 2.03. The molecule has 1 atom stereocenters. The second-order valence-corrected chi connectivity index (χ2v) is 4.80. The van der Waals surface area contributed by atoms with Crippen LogP contribution < -0.4 is 5.32 Å². The average Bonchev–Trinajstić information content (AvgIpc) is 2.79. The Labute approximate surface area is 108 Å². The summed E-state index contributed by atoms with van der Waals surface area (Å²) >= 11 is 12.0. The number of halogens is 2. The first kappa shape index (κ1) is 10.9. The fourth-order valence-electron chi connectivity index (χ4n) is 2.18. The molecule has 0 bridgehead atoms. The molecule has 1 aromatic rings. The largest absolute Gasteiger partial charge is 0.325 e. The summed E-state index contributed by atoms with van der Waals surface area (Å²) in [5, 5.41) is 3.82. The number of benzene rings is 1. The highest BCUT2D eigenvalue weighted by molar-refractivity contribution is 6.35. The first-order valence-corrected chi connectivity index (χ1v) is 5.99. The number of nitrogens with one attached hydrogen (secondary N) is 1. The third-order valence-electron chi connectivity index (χ3n) is 2.93. The molecule has 0 saturated carbocycles. The van der Waals surface area contributed by atoms with Crippen molar-refractivity contribution in [2.24, 2.45) is 4.99 Å². The van der Waals surface area contributed by atoms with Crippen molar-refractivity contribution in [3.63, 3.8) is 0 Å². The zero-order valence-electron chi connectivity index (χ0n) is 8.78. The summed E-state index contributed by atoms with van der Waals surface area (Å²) < 4.78 is 0. The van der Waals surface area contributed by atoms with Crippen molar-refractivity contribution in [3.8, 4) is 0 Å². The van der Waals surface area contributed by atoms with Crippen molar-refractivity contribution in [1.29, 1.82) is 0 Å². The Morgan fingerprint density at radius 2 is 2.24 bits per heavy atom. The average molecular weight is 270 g/mol. The normalized spacial score (nSPS) is 22.5. The van der Waals surface area contributed by atoms with E-state index in [1.54, 1.807) is 18.2 Å². The van der Waals surface area contributed by atoms with Gasteiger partial charge < -0.3 is 4.90 Å². The maximum atomic E-state index is 11.9. The van der Waals surface area contributed by atoms with Crippen molar-refractivity contribution < 1.29 is 4.79 Å². The van der Waals surface area contributed by atoms with Gasteiger partial charge in [0.05, 0.1) is 6.54 Å². The molecule has 0 spiro atoms. The van der Waals surface area contributed by atoms with Crippen LogP contribution in [0.15, 0.2) is 23.2 Å². The van der Waals surface area contributed by atoms with Crippen LogP contribution in [0.2, 0.25) is 10.0 Å². The van der Waals surface area contributed by atoms with E-state index in [1.807, 2.05) is 4.90 Å². The molecule has 1 unspecified atom stereocenters. The van der Waals surface area contributed by atoms with Crippen molar-refractivity contribution in [3.05, 3.63) is 33.8 Å². The van der Waals surface area contributed by atoms with Gasteiger partial charge >= 0.3 is 0 Å². The molecule has 3 rings (SSSR count). The Bertz CT molecular complexity index is 529. The number of nitrogens with zero attached hydrogens (tertiary/aromatic N) is 2. The molecular weight excluding hydrogens is 261 g/mol. The van der Waals surface area contributed by atoms with Crippen LogP contribution in [0.4, 0.5) is 0 Å². The monoisotopic (exact) mass is 269 g/mol. The van der Waals surface area contributed by atoms with E-state index in [2.05, 4.69) is 10.3 Å². The molecule has 1 saturated heterocycles. The van der Waals surface area contributed by atoms with Crippen LogP contribution in [-0.4, -0.2) is 29.9 Å². The Morgan fingerprint density at radius 3 is 3.00 bits per heavy atom. The third kappa shape index (κ3) is 1.68. The predicted octanol–water partition coefficient (Wildman–Crippen LogP) is 1.84. The SMILES string of the molecule is O=C1NC2=NCCN2C1c1ccc(Cl)cc1Cl. The lowest BCUT2D eigenvalue weighted by atomic mass is 10.1. The van der Waals surface area contributed by atoms with Gasteiger partial charge in [0.1, 0.15) is 6.04 Å². The zero-order valence-corrected chi connectivity index (χ0v) is 10.3. The highest BCUT2D eigenvalue weighted by atomic mass is 35.5. The molecule has 4 nitrogen and oxygen atoms in total. The fourth-order valence-corrected chi connectivity index (χ4v) is 2.69. The van der Waals surface area contributed by atoms with Crippen LogP contribution in [0, 0.1) is 0 Å². The Hall–Kier alpha value is -1.26. The van der Waals surface area contributed by atoms with Gasteiger partial charge in [0.2, 0.25) is 5.96 Å². The number of carbonyl (C=O) groups is 1. The molecular formula is C11H9Cl2N3O. The van der Waals surface area contributed by atoms with E-state index in [1.165, 1.54) is 0 Å². The second kappa shape index (κ2) is 3.89. The quantitative estimate of drug-likeness (QED) is 0.846. The van der Waals surface area contributed by atoms with Gasteiger partial charge in [0, 0.05) is 22.2 Å². The molecule has 88 valence electrons. The van der Waals surface area contributed by atoms with Crippen molar-refractivity contribution in [2.45, 2.75) is 6.04 Å². The van der Waals surface area contributed by atoms with E-state index in [-0.39, 0.29) is 11.9 Å². The van der Waals surface area contributed by atoms with E-state index >= 15 is 0 Å². The molecule has 1 N–H and O–H groups in total. The lowest BCUT2D eigenvalue weighted by molar-refractivity contribution is -0.121. The molecule has 0 aliphatic carbocycles. The van der Waals surface area contributed by atoms with E-state index in [0.29, 0.717) is 22.5 Å². The number of guanidine groups is 1. The van der Waals surface area contributed by atoms with Crippen LogP contribution in [0.5, 0.6) is 0 Å². The molecule has 0 radical (unpaired) electrons. The van der Waals surface area contributed by atoms with E-state index in [9.17, 15) is 4.79 Å². The van der Waals surface area contributed by atoms with Crippen LogP contribution >= 0.6 is 23.2 Å². The van der Waals surface area contributed by atoms with Crippen LogP contribution in [0.25, 0.3) is 0 Å². The molecule has 1 amide bonds. The number of fused-ring (bicyclic) bond motifs is 1. The number of amides is 1. The van der Waals surface area contributed by atoms with Gasteiger partial charge in [0.25, 0.3) is 5.91 Å². The minimum absolute atomic E-state index is 0.0901. The van der Waals surface area contributed by atoms with Gasteiger partial charge in [-0.3, -0.25) is 15.1 Å². The maximum Gasteiger partial charge on any atom is 0.254 e. The lowest BCUT2D eigenvalue weighted by Crippen LogP contribution is -2.27. The van der Waals surface area contributed by atoms with Crippen molar-refractivity contribution in [2.75, 3.05) is 13.1 Å². The van der Waals surface area contributed by atoms with Crippen molar-refractivity contribution in [1.82, 2.24) is 10.2 Å². The summed E-state index contributed by atoms with van der Waals surface area (Å²) in [4.78, 5) is 18.0. The molecule has 2 heterocycles. The van der Waals surface area contributed by atoms with Crippen LogP contribution in [0.3, 0.4) is 0 Å². The number of hydrogen-bond acceptors (Lipinski definition) is 3. The van der Waals surface area contributed by atoms with Gasteiger partial charge in [0.15, 0.2) is 0 Å². The summed E-state index contributed by atoms with van der Waals surface area (Å²) in [5.74, 6) is 0.554. The number of rotatable bonds is 1. The minimum Gasteiger partial charge on any atom is -0.325 e. The topological polar surface area (TPSA) is 44.7 Å². The minimum atomic E-state index is -0.388. The molecule has 0 aromatic heterocycles. The van der Waals surface area contributed by atoms with Gasteiger partial charge in [-0.05, 0) is 12.1 Å². The van der Waals surface area contributed by atoms with E-state index in [4.69, 9.17) is 23.2 Å². The van der Waals surface area contributed by atoms with Gasteiger partial charge in [-0.25, -0.2) is 0 Å². The zero-order chi connectivity index (χ0) is 12.0. The third-order valence-corrected chi connectivity index (χ3v) is 3.49. The van der Waals surface area contributed by atoms with Gasteiger partial charge in [-0.2, -0.15) is 0 Å². The number of hydrogen-bond donors (Lipinski definition) is 1. The molecule has 2 aliphatic rings. The first-order valence-electron chi connectivity index (χ1n) is 5.24.